The Hall–Kier alpha value is -1.80. The van der Waals surface area contributed by atoms with Crippen molar-refractivity contribution in [1.29, 1.82) is 0 Å². The highest BCUT2D eigenvalue weighted by molar-refractivity contribution is 8.02. The Labute approximate surface area is 207 Å². The fraction of sp³-hybridized carbons (Fsp3) is 0.731. The number of hydrogen-bond donors (Lipinski definition) is 1. The van der Waals surface area contributed by atoms with Crippen LogP contribution in [0.15, 0.2) is 24.3 Å². The number of carbonyl (C=O) groups is 3. The molecule has 0 bridgehead atoms. The monoisotopic (exact) mass is 489 g/mol. The first-order valence-corrected chi connectivity index (χ1v) is 13.7. The maximum atomic E-state index is 14.2. The van der Waals surface area contributed by atoms with E-state index in [9.17, 15) is 19.5 Å². The van der Waals surface area contributed by atoms with Crippen LogP contribution in [0.25, 0.3) is 0 Å². The first kappa shape index (κ1) is 25.3. The first-order chi connectivity index (χ1) is 16.3. The fourth-order valence-electron chi connectivity index (χ4n) is 6.39. The lowest BCUT2D eigenvalue weighted by Gasteiger charge is -2.39. The molecule has 6 atom stereocenters. The van der Waals surface area contributed by atoms with Crippen LogP contribution in [-0.2, 0) is 14.4 Å². The van der Waals surface area contributed by atoms with E-state index >= 15 is 0 Å². The number of fused-ring (bicyclic) bond motifs is 2. The van der Waals surface area contributed by atoms with Crippen LogP contribution < -0.4 is 0 Å². The van der Waals surface area contributed by atoms with Crippen LogP contribution in [0.2, 0.25) is 0 Å². The molecule has 0 aromatic heterocycles. The van der Waals surface area contributed by atoms with Gasteiger partial charge in [0.2, 0.25) is 17.7 Å². The van der Waals surface area contributed by atoms with Gasteiger partial charge in [-0.05, 0) is 26.2 Å². The summed E-state index contributed by atoms with van der Waals surface area (Å²) >= 11 is 1.61. The van der Waals surface area contributed by atoms with Gasteiger partial charge in [-0.15, -0.1) is 11.8 Å². The molecule has 4 aliphatic heterocycles. The molecule has 4 rings (SSSR count). The molecule has 2 saturated heterocycles. The van der Waals surface area contributed by atoms with Crippen molar-refractivity contribution < 1.29 is 19.5 Å². The Balaban J connectivity index is 1.85. The number of hydrogen-bond acceptors (Lipinski definition) is 5. The van der Waals surface area contributed by atoms with Crippen LogP contribution in [0.3, 0.4) is 0 Å². The standard InChI is InChI=1S/C26H39N3O4S/c1-5-8-14-28-16-10-12-26-20(23(32)29(18(7-3)17-30)21(26)24(28)33)19-22(31)27(13-6-2)15-9-11-25(19,4)34-26/h9-12,18-21,30H,5-8,13-17H2,1-4H3/t18-,19-,20-,21?,25+,26-/m0/s1. The van der Waals surface area contributed by atoms with E-state index in [-0.39, 0.29) is 24.3 Å². The molecule has 0 aliphatic carbocycles. The quantitative estimate of drug-likeness (QED) is 0.530. The molecular formula is C26H39N3O4S. The average Bonchev–Trinajstić information content (AvgIpc) is 3.09. The third-order valence-electron chi connectivity index (χ3n) is 8.01. The van der Waals surface area contributed by atoms with Gasteiger partial charge in [0.25, 0.3) is 0 Å². The minimum atomic E-state index is -0.827. The Morgan fingerprint density at radius 1 is 0.971 bits per heavy atom. The molecule has 0 aromatic rings. The minimum Gasteiger partial charge on any atom is -0.394 e. The second-order valence-corrected chi connectivity index (χ2v) is 12.0. The first-order valence-electron chi connectivity index (χ1n) is 12.9. The molecule has 34 heavy (non-hydrogen) atoms. The van der Waals surface area contributed by atoms with Gasteiger partial charge < -0.3 is 19.8 Å². The number of aliphatic hydroxyl groups excluding tert-OH is 1. The van der Waals surface area contributed by atoms with E-state index in [1.807, 2.05) is 28.9 Å². The highest BCUT2D eigenvalue weighted by Crippen LogP contribution is 2.65. The van der Waals surface area contributed by atoms with E-state index in [2.05, 4.69) is 32.9 Å². The van der Waals surface area contributed by atoms with Gasteiger partial charge >= 0.3 is 0 Å². The number of aliphatic hydroxyl groups is 1. The van der Waals surface area contributed by atoms with Crippen molar-refractivity contribution in [2.45, 2.75) is 75.0 Å². The van der Waals surface area contributed by atoms with E-state index in [1.165, 1.54) is 0 Å². The van der Waals surface area contributed by atoms with Crippen LogP contribution in [-0.4, -0.2) is 91.9 Å². The summed E-state index contributed by atoms with van der Waals surface area (Å²) in [6.07, 6.45) is 11.5. The van der Waals surface area contributed by atoms with Gasteiger partial charge in [-0.25, -0.2) is 0 Å². The smallest absolute Gasteiger partial charge is 0.247 e. The van der Waals surface area contributed by atoms with Crippen molar-refractivity contribution in [2.24, 2.45) is 11.8 Å². The van der Waals surface area contributed by atoms with Gasteiger partial charge in [0, 0.05) is 30.9 Å². The third-order valence-corrected chi connectivity index (χ3v) is 9.81. The second kappa shape index (κ2) is 9.69. The zero-order valence-corrected chi connectivity index (χ0v) is 21.7. The second-order valence-electron chi connectivity index (χ2n) is 10.2. The summed E-state index contributed by atoms with van der Waals surface area (Å²) in [7, 11) is 0. The highest BCUT2D eigenvalue weighted by Gasteiger charge is 2.74. The van der Waals surface area contributed by atoms with E-state index in [4.69, 9.17) is 0 Å². The molecule has 2 fully saturated rings. The number of rotatable bonds is 8. The topological polar surface area (TPSA) is 81.2 Å². The lowest BCUT2D eigenvalue weighted by atomic mass is 9.74. The molecule has 3 amide bonds. The number of thioether (sulfide) groups is 1. The molecule has 8 heteroatoms. The summed E-state index contributed by atoms with van der Waals surface area (Å²) in [4.78, 5) is 47.5. The zero-order chi connectivity index (χ0) is 24.7. The maximum absolute atomic E-state index is 14.2. The minimum absolute atomic E-state index is 0.00246. The summed E-state index contributed by atoms with van der Waals surface area (Å²) in [6.45, 7) is 10.3. The van der Waals surface area contributed by atoms with Crippen LogP contribution in [0.5, 0.6) is 0 Å². The van der Waals surface area contributed by atoms with Crippen LogP contribution >= 0.6 is 11.8 Å². The molecular weight excluding hydrogens is 450 g/mol. The largest absolute Gasteiger partial charge is 0.394 e. The Morgan fingerprint density at radius 3 is 2.26 bits per heavy atom. The third kappa shape index (κ3) is 3.72. The van der Waals surface area contributed by atoms with Crippen LogP contribution in [0, 0.1) is 11.8 Å². The molecule has 1 spiro atoms. The zero-order valence-electron chi connectivity index (χ0n) is 20.9. The van der Waals surface area contributed by atoms with E-state index in [0.29, 0.717) is 32.6 Å². The summed E-state index contributed by atoms with van der Waals surface area (Å²) < 4.78 is -1.40. The van der Waals surface area contributed by atoms with Gasteiger partial charge in [0.1, 0.15) is 6.04 Å². The van der Waals surface area contributed by atoms with E-state index < -0.39 is 33.4 Å². The Morgan fingerprint density at radius 2 is 1.65 bits per heavy atom. The predicted molar refractivity (Wildman–Crippen MR) is 134 cm³/mol. The van der Waals surface area contributed by atoms with Crippen LogP contribution in [0.4, 0.5) is 0 Å². The molecule has 7 nitrogen and oxygen atoms in total. The van der Waals surface area contributed by atoms with Gasteiger partial charge in [-0.1, -0.05) is 51.5 Å². The normalized spacial score (nSPS) is 35.9. The predicted octanol–water partition coefficient (Wildman–Crippen LogP) is 2.45. The number of unbranched alkanes of at least 4 members (excludes halogenated alkanes) is 1. The molecule has 0 saturated carbocycles. The lowest BCUT2D eigenvalue weighted by molar-refractivity contribution is -0.147. The maximum Gasteiger partial charge on any atom is 0.247 e. The van der Waals surface area contributed by atoms with Crippen molar-refractivity contribution in [3.63, 3.8) is 0 Å². The Kier molecular flexibility index (Phi) is 7.21. The molecule has 0 radical (unpaired) electrons. The summed E-state index contributed by atoms with van der Waals surface area (Å²) in [6, 6.07) is -1.16. The van der Waals surface area contributed by atoms with Gasteiger partial charge in [-0.3, -0.25) is 14.4 Å². The summed E-state index contributed by atoms with van der Waals surface area (Å²) in [5, 5.41) is 10.2. The number of carbonyl (C=O) groups excluding carboxylic acids is 3. The van der Waals surface area contributed by atoms with Crippen molar-refractivity contribution >= 4 is 29.5 Å². The fourth-order valence-corrected chi connectivity index (χ4v) is 8.53. The SMILES string of the molecule is CCCCN1CC=C[C@]23S[C@]4(C)C=CCN(CCC)C(=O)[C@@H]4[C@H]2C(=O)N([C@@H](CC)CO)C3C1=O. The summed E-state index contributed by atoms with van der Waals surface area (Å²) in [5.41, 5.74) is 0. The summed E-state index contributed by atoms with van der Waals surface area (Å²) in [5.74, 6) is -1.39. The van der Waals surface area contributed by atoms with Crippen molar-refractivity contribution in [3.05, 3.63) is 24.3 Å². The van der Waals surface area contributed by atoms with Crippen molar-refractivity contribution in [3.8, 4) is 0 Å². The average molecular weight is 490 g/mol. The van der Waals surface area contributed by atoms with Gasteiger partial charge in [0.15, 0.2) is 0 Å². The number of likely N-dealkylation sites (tertiary alicyclic amines) is 1. The van der Waals surface area contributed by atoms with Gasteiger partial charge in [0.05, 0.1) is 29.2 Å². The lowest BCUT2D eigenvalue weighted by Crippen LogP contribution is -2.56. The van der Waals surface area contributed by atoms with E-state index in [1.54, 1.807) is 16.7 Å². The molecule has 4 heterocycles. The molecule has 1 unspecified atom stereocenters. The van der Waals surface area contributed by atoms with Crippen LogP contribution in [0.1, 0.15) is 53.4 Å². The van der Waals surface area contributed by atoms with E-state index in [0.717, 1.165) is 19.3 Å². The highest BCUT2D eigenvalue weighted by atomic mass is 32.2. The Bertz CT molecular complexity index is 887. The molecule has 0 aromatic carbocycles. The molecule has 4 aliphatic rings. The van der Waals surface area contributed by atoms with Crippen molar-refractivity contribution in [1.82, 2.24) is 14.7 Å². The van der Waals surface area contributed by atoms with Crippen molar-refractivity contribution in [2.75, 3.05) is 32.8 Å². The molecule has 188 valence electrons. The number of nitrogens with zero attached hydrogens (tertiary/aromatic N) is 3. The van der Waals surface area contributed by atoms with Gasteiger partial charge in [-0.2, -0.15) is 0 Å². The number of amides is 3. The molecule has 1 N–H and O–H groups in total.